The number of carbonyl (C=O) groups is 1. The van der Waals surface area contributed by atoms with Crippen molar-refractivity contribution in [3.63, 3.8) is 0 Å². The molecule has 0 aliphatic heterocycles. The number of hydrogen-bond acceptors (Lipinski definition) is 5. The predicted octanol–water partition coefficient (Wildman–Crippen LogP) is 4.62. The highest BCUT2D eigenvalue weighted by Crippen LogP contribution is 2.29. The number of ether oxygens (including phenoxy) is 1. The Kier molecular flexibility index (Phi) is 7.35. The van der Waals surface area contributed by atoms with Crippen LogP contribution in [0, 0.1) is 0 Å². The molecule has 0 fully saturated rings. The Morgan fingerprint density at radius 1 is 1.26 bits per heavy atom. The van der Waals surface area contributed by atoms with Crippen LogP contribution in [0.15, 0.2) is 64.9 Å². The third-order valence-electron chi connectivity index (χ3n) is 3.68. The summed E-state index contributed by atoms with van der Waals surface area (Å²) in [6.45, 7) is 5.61. The third kappa shape index (κ3) is 4.86. The Morgan fingerprint density at radius 3 is 2.44 bits per heavy atom. The number of thioether (sulfide) groups is 1. The van der Waals surface area contributed by atoms with Crippen molar-refractivity contribution >= 4 is 45.0 Å². The number of benzene rings is 2. The Labute approximate surface area is 169 Å². The normalized spacial score (nSPS) is 11.1. The first-order valence-electron chi connectivity index (χ1n) is 8.09. The third-order valence-corrected chi connectivity index (χ3v) is 6.54. The van der Waals surface area contributed by atoms with E-state index in [1.807, 2.05) is 6.26 Å². The van der Waals surface area contributed by atoms with Crippen LogP contribution in [-0.4, -0.2) is 33.8 Å². The lowest BCUT2D eigenvalue weighted by atomic mass is 10.2. The molecule has 0 bridgehead atoms. The second-order valence-corrected chi connectivity index (χ2v) is 8.53. The molecule has 144 valence electrons. The van der Waals surface area contributed by atoms with Gasteiger partial charge in [-0.15, -0.1) is 18.3 Å². The molecule has 2 aromatic carbocycles. The van der Waals surface area contributed by atoms with Gasteiger partial charge in [-0.2, -0.15) is 0 Å². The van der Waals surface area contributed by atoms with E-state index in [-0.39, 0.29) is 28.6 Å². The number of sulfonamides is 1. The highest BCUT2D eigenvalue weighted by atomic mass is 35.5. The molecular formula is C19H20ClNO4S2. The van der Waals surface area contributed by atoms with Gasteiger partial charge in [0, 0.05) is 4.90 Å². The van der Waals surface area contributed by atoms with Gasteiger partial charge in [0.25, 0.3) is 10.0 Å². The van der Waals surface area contributed by atoms with Gasteiger partial charge >= 0.3 is 5.97 Å². The average Bonchev–Trinajstić information content (AvgIpc) is 2.66. The zero-order chi connectivity index (χ0) is 20.0. The summed E-state index contributed by atoms with van der Waals surface area (Å²) in [5, 5.41) is 0.118. The zero-order valence-corrected chi connectivity index (χ0v) is 17.4. The van der Waals surface area contributed by atoms with E-state index in [0.717, 1.165) is 4.90 Å². The van der Waals surface area contributed by atoms with E-state index < -0.39 is 16.0 Å². The molecular weight excluding hydrogens is 406 g/mol. The minimum Gasteiger partial charge on any atom is -0.462 e. The van der Waals surface area contributed by atoms with Crippen LogP contribution in [0.1, 0.15) is 17.3 Å². The maximum absolute atomic E-state index is 13.1. The molecule has 0 unspecified atom stereocenters. The molecule has 0 spiro atoms. The second-order valence-electron chi connectivity index (χ2n) is 5.38. The van der Waals surface area contributed by atoms with E-state index in [2.05, 4.69) is 6.58 Å². The van der Waals surface area contributed by atoms with E-state index in [1.165, 1.54) is 40.3 Å². The summed E-state index contributed by atoms with van der Waals surface area (Å²) < 4.78 is 32.3. The Bertz CT molecular complexity index is 927. The Morgan fingerprint density at radius 2 is 1.93 bits per heavy atom. The SMILES string of the molecule is C=CCN(c1ccc(C(=O)OCC)c(Cl)c1)S(=O)(=O)c1ccc(SC)cc1. The molecule has 0 atom stereocenters. The van der Waals surface area contributed by atoms with Crippen molar-refractivity contribution in [2.24, 2.45) is 0 Å². The van der Waals surface area contributed by atoms with Gasteiger partial charge in [-0.1, -0.05) is 17.7 Å². The average molecular weight is 426 g/mol. The number of carbonyl (C=O) groups excluding carboxylic acids is 1. The fraction of sp³-hybridized carbons (Fsp3) is 0.211. The van der Waals surface area contributed by atoms with Crippen LogP contribution in [0.3, 0.4) is 0 Å². The Hall–Kier alpha value is -1.96. The fourth-order valence-electron chi connectivity index (χ4n) is 2.37. The van der Waals surface area contributed by atoms with Crippen molar-refractivity contribution in [3.8, 4) is 0 Å². The second kappa shape index (κ2) is 9.30. The van der Waals surface area contributed by atoms with Crippen molar-refractivity contribution < 1.29 is 17.9 Å². The molecule has 0 heterocycles. The van der Waals surface area contributed by atoms with Crippen molar-refractivity contribution in [2.45, 2.75) is 16.7 Å². The maximum Gasteiger partial charge on any atom is 0.339 e. The van der Waals surface area contributed by atoms with E-state index in [9.17, 15) is 13.2 Å². The summed E-state index contributed by atoms with van der Waals surface area (Å²) >= 11 is 7.72. The summed E-state index contributed by atoms with van der Waals surface area (Å²) in [5.41, 5.74) is 0.518. The van der Waals surface area contributed by atoms with Crippen molar-refractivity contribution in [3.05, 3.63) is 65.7 Å². The van der Waals surface area contributed by atoms with Crippen LogP contribution in [-0.2, 0) is 14.8 Å². The first kappa shape index (κ1) is 21.3. The van der Waals surface area contributed by atoms with Gasteiger partial charge in [0.1, 0.15) is 0 Å². The smallest absolute Gasteiger partial charge is 0.339 e. The van der Waals surface area contributed by atoms with Crippen molar-refractivity contribution in [1.82, 2.24) is 0 Å². The molecule has 0 radical (unpaired) electrons. The topological polar surface area (TPSA) is 63.7 Å². The van der Waals surface area contributed by atoms with Crippen LogP contribution < -0.4 is 4.31 Å². The van der Waals surface area contributed by atoms with Gasteiger partial charge in [-0.05, 0) is 55.6 Å². The molecule has 0 saturated heterocycles. The molecule has 0 aliphatic carbocycles. The minimum atomic E-state index is -3.82. The molecule has 0 aromatic heterocycles. The van der Waals surface area contributed by atoms with Crippen molar-refractivity contribution in [2.75, 3.05) is 23.7 Å². The van der Waals surface area contributed by atoms with Gasteiger partial charge in [0.05, 0.1) is 34.3 Å². The van der Waals surface area contributed by atoms with Crippen LogP contribution in [0.4, 0.5) is 5.69 Å². The standard InChI is InChI=1S/C19H20ClNO4S2/c1-4-12-21(27(23,24)16-9-7-15(26-3)8-10-16)14-6-11-17(18(20)13-14)19(22)25-5-2/h4,6-11,13H,1,5,12H2,2-3H3. The van der Waals surface area contributed by atoms with E-state index in [0.29, 0.717) is 5.69 Å². The summed E-state index contributed by atoms with van der Waals surface area (Å²) in [7, 11) is -3.82. The lowest BCUT2D eigenvalue weighted by Gasteiger charge is -2.24. The molecule has 0 aliphatic rings. The van der Waals surface area contributed by atoms with Crippen LogP contribution >= 0.6 is 23.4 Å². The highest BCUT2D eigenvalue weighted by Gasteiger charge is 2.25. The lowest BCUT2D eigenvalue weighted by molar-refractivity contribution is 0.0526. The first-order valence-corrected chi connectivity index (χ1v) is 11.1. The number of anilines is 1. The molecule has 2 aromatic rings. The van der Waals surface area contributed by atoms with Gasteiger partial charge in [-0.25, -0.2) is 13.2 Å². The molecule has 27 heavy (non-hydrogen) atoms. The largest absolute Gasteiger partial charge is 0.462 e. The minimum absolute atomic E-state index is 0.0572. The number of esters is 1. The maximum atomic E-state index is 13.1. The number of hydrogen-bond donors (Lipinski definition) is 0. The molecule has 5 nitrogen and oxygen atoms in total. The molecule has 2 rings (SSSR count). The summed E-state index contributed by atoms with van der Waals surface area (Å²) in [5.74, 6) is -0.556. The number of rotatable bonds is 8. The molecule has 0 saturated carbocycles. The summed E-state index contributed by atoms with van der Waals surface area (Å²) in [6.07, 6.45) is 3.40. The van der Waals surface area contributed by atoms with Gasteiger partial charge in [0.15, 0.2) is 0 Å². The van der Waals surface area contributed by atoms with Gasteiger partial charge < -0.3 is 4.74 Å². The quantitative estimate of drug-likeness (QED) is 0.351. The van der Waals surface area contributed by atoms with Crippen molar-refractivity contribution in [1.29, 1.82) is 0 Å². The van der Waals surface area contributed by atoms with E-state index in [4.69, 9.17) is 16.3 Å². The molecule has 0 amide bonds. The Balaban J connectivity index is 2.45. The van der Waals surface area contributed by atoms with Crippen LogP contribution in [0.5, 0.6) is 0 Å². The van der Waals surface area contributed by atoms with Crippen LogP contribution in [0.2, 0.25) is 5.02 Å². The number of halogens is 1. The zero-order valence-electron chi connectivity index (χ0n) is 15.0. The highest BCUT2D eigenvalue weighted by molar-refractivity contribution is 7.98. The molecule has 8 heteroatoms. The van der Waals surface area contributed by atoms with Crippen LogP contribution in [0.25, 0.3) is 0 Å². The lowest BCUT2D eigenvalue weighted by Crippen LogP contribution is -2.31. The van der Waals surface area contributed by atoms with E-state index >= 15 is 0 Å². The van der Waals surface area contributed by atoms with Gasteiger partial charge in [-0.3, -0.25) is 4.31 Å². The van der Waals surface area contributed by atoms with E-state index in [1.54, 1.807) is 31.2 Å². The monoisotopic (exact) mass is 425 g/mol. The first-order chi connectivity index (χ1) is 12.8. The molecule has 0 N–H and O–H groups in total. The van der Waals surface area contributed by atoms with Gasteiger partial charge in [0.2, 0.25) is 0 Å². The fourth-order valence-corrected chi connectivity index (χ4v) is 4.46. The number of nitrogens with zero attached hydrogens (tertiary/aromatic N) is 1. The summed E-state index contributed by atoms with van der Waals surface area (Å²) in [4.78, 5) is 13.0. The predicted molar refractivity (Wildman–Crippen MR) is 110 cm³/mol. The summed E-state index contributed by atoms with van der Waals surface area (Å²) in [6, 6.07) is 11.0.